The lowest BCUT2D eigenvalue weighted by atomic mass is 10.2. The van der Waals surface area contributed by atoms with Crippen LogP contribution in [0, 0.1) is 10.5 Å². The molecule has 0 radical (unpaired) electrons. The van der Waals surface area contributed by atoms with Crippen molar-refractivity contribution < 1.29 is 13.2 Å². The first-order valence-electron chi connectivity index (χ1n) is 5.90. The van der Waals surface area contributed by atoms with E-state index in [1.807, 2.05) is 12.1 Å². The third kappa shape index (κ3) is 3.96. The number of anilines is 1. The standard InChI is InChI=1S/C14H11ClINO3S/c1-9-8-10(6-7-13(9)21(15,19)20)17-14(18)11-4-2-3-5-12(11)16/h2-8H,1H3,(H,17,18). The van der Waals surface area contributed by atoms with E-state index in [2.05, 4.69) is 27.9 Å². The summed E-state index contributed by atoms with van der Waals surface area (Å²) < 4.78 is 23.5. The highest BCUT2D eigenvalue weighted by Gasteiger charge is 2.15. The van der Waals surface area contributed by atoms with Crippen molar-refractivity contribution in [1.29, 1.82) is 0 Å². The van der Waals surface area contributed by atoms with Crippen LogP contribution in [0.2, 0.25) is 0 Å². The van der Waals surface area contributed by atoms with Crippen molar-refractivity contribution in [2.75, 3.05) is 5.32 Å². The molecule has 2 rings (SSSR count). The SMILES string of the molecule is Cc1cc(NC(=O)c2ccccc2I)ccc1S(=O)(=O)Cl. The molecule has 0 heterocycles. The molecule has 2 aromatic carbocycles. The van der Waals surface area contributed by atoms with Gasteiger partial charge in [0.25, 0.3) is 15.0 Å². The van der Waals surface area contributed by atoms with E-state index in [-0.39, 0.29) is 10.8 Å². The molecule has 0 aliphatic rings. The number of amides is 1. The Morgan fingerprint density at radius 2 is 1.86 bits per heavy atom. The molecule has 1 amide bonds. The highest BCUT2D eigenvalue weighted by atomic mass is 127. The van der Waals surface area contributed by atoms with Crippen molar-refractivity contribution in [1.82, 2.24) is 0 Å². The van der Waals surface area contributed by atoms with Gasteiger partial charge in [-0.2, -0.15) is 0 Å². The first-order chi connectivity index (χ1) is 9.79. The molecule has 7 heteroatoms. The summed E-state index contributed by atoms with van der Waals surface area (Å²) in [5.41, 5.74) is 1.55. The normalized spacial score (nSPS) is 11.2. The first-order valence-corrected chi connectivity index (χ1v) is 9.29. The minimum atomic E-state index is -3.78. The van der Waals surface area contributed by atoms with Crippen LogP contribution in [0.1, 0.15) is 15.9 Å². The van der Waals surface area contributed by atoms with Gasteiger partial charge in [-0.25, -0.2) is 8.42 Å². The number of hydrogen-bond acceptors (Lipinski definition) is 3. The van der Waals surface area contributed by atoms with Crippen LogP contribution in [-0.2, 0) is 9.05 Å². The van der Waals surface area contributed by atoms with E-state index in [1.165, 1.54) is 12.1 Å². The Bertz CT molecular complexity index is 806. The van der Waals surface area contributed by atoms with E-state index < -0.39 is 9.05 Å². The zero-order valence-corrected chi connectivity index (χ0v) is 14.7. The topological polar surface area (TPSA) is 63.2 Å². The molecule has 0 spiro atoms. The van der Waals surface area contributed by atoms with Gasteiger partial charge in [0.1, 0.15) is 0 Å². The summed E-state index contributed by atoms with van der Waals surface area (Å²) in [6, 6.07) is 11.7. The molecule has 0 aromatic heterocycles. The molecular weight excluding hydrogens is 425 g/mol. The smallest absolute Gasteiger partial charge is 0.261 e. The fourth-order valence-corrected chi connectivity index (χ4v) is 3.67. The number of carbonyl (C=O) groups is 1. The molecular formula is C14H11ClINO3S. The molecule has 0 saturated carbocycles. The van der Waals surface area contributed by atoms with Crippen molar-refractivity contribution in [3.63, 3.8) is 0 Å². The summed E-state index contributed by atoms with van der Waals surface area (Å²) in [4.78, 5) is 12.2. The van der Waals surface area contributed by atoms with Gasteiger partial charge >= 0.3 is 0 Å². The Morgan fingerprint density at radius 3 is 2.43 bits per heavy atom. The molecule has 4 nitrogen and oxygen atoms in total. The molecule has 21 heavy (non-hydrogen) atoms. The van der Waals surface area contributed by atoms with Crippen molar-refractivity contribution >= 4 is 53.9 Å². The van der Waals surface area contributed by atoms with Crippen molar-refractivity contribution in [3.8, 4) is 0 Å². The molecule has 0 aliphatic heterocycles. The van der Waals surface area contributed by atoms with Gasteiger partial charge in [-0.3, -0.25) is 4.79 Å². The molecule has 0 saturated heterocycles. The third-order valence-corrected chi connectivity index (χ3v) is 5.24. The lowest BCUT2D eigenvalue weighted by Gasteiger charge is -2.09. The van der Waals surface area contributed by atoms with Gasteiger partial charge in [0.15, 0.2) is 0 Å². The number of aryl methyl sites for hydroxylation is 1. The van der Waals surface area contributed by atoms with Gasteiger partial charge in [0, 0.05) is 19.9 Å². The number of halogens is 2. The van der Waals surface area contributed by atoms with Crippen LogP contribution in [-0.4, -0.2) is 14.3 Å². The minimum absolute atomic E-state index is 0.0384. The second kappa shape index (κ2) is 6.33. The highest BCUT2D eigenvalue weighted by Crippen LogP contribution is 2.23. The summed E-state index contributed by atoms with van der Waals surface area (Å²) in [7, 11) is 1.54. The van der Waals surface area contributed by atoms with E-state index in [4.69, 9.17) is 10.7 Å². The predicted molar refractivity (Wildman–Crippen MR) is 91.3 cm³/mol. The van der Waals surface area contributed by atoms with Gasteiger partial charge in [0.05, 0.1) is 10.5 Å². The maximum Gasteiger partial charge on any atom is 0.261 e. The fourth-order valence-electron chi connectivity index (χ4n) is 1.84. The number of hydrogen-bond donors (Lipinski definition) is 1. The minimum Gasteiger partial charge on any atom is -0.322 e. The van der Waals surface area contributed by atoms with E-state index >= 15 is 0 Å². The van der Waals surface area contributed by atoms with Crippen LogP contribution in [0.4, 0.5) is 5.69 Å². The van der Waals surface area contributed by atoms with E-state index in [9.17, 15) is 13.2 Å². The molecule has 1 N–H and O–H groups in total. The second-order valence-corrected chi connectivity index (χ2v) is 8.05. The molecule has 2 aromatic rings. The Labute approximate surface area is 141 Å². The fraction of sp³-hybridized carbons (Fsp3) is 0.0714. The molecule has 0 bridgehead atoms. The highest BCUT2D eigenvalue weighted by molar-refractivity contribution is 14.1. The Balaban J connectivity index is 2.27. The van der Waals surface area contributed by atoms with Crippen LogP contribution in [0.15, 0.2) is 47.4 Å². The summed E-state index contributed by atoms with van der Waals surface area (Å²) >= 11 is 2.08. The first kappa shape index (κ1) is 16.3. The number of nitrogens with one attached hydrogen (secondary N) is 1. The van der Waals surface area contributed by atoms with Crippen molar-refractivity contribution in [2.45, 2.75) is 11.8 Å². The lowest BCUT2D eigenvalue weighted by Crippen LogP contribution is -2.13. The summed E-state index contributed by atoms with van der Waals surface area (Å²) in [6.45, 7) is 1.62. The Morgan fingerprint density at radius 1 is 1.19 bits per heavy atom. The Hall–Kier alpha value is -1.12. The maximum absolute atomic E-state index is 12.2. The van der Waals surface area contributed by atoms with Gasteiger partial charge in [-0.15, -0.1) is 0 Å². The zero-order chi connectivity index (χ0) is 15.6. The lowest BCUT2D eigenvalue weighted by molar-refractivity contribution is 0.102. The summed E-state index contributed by atoms with van der Waals surface area (Å²) in [6.07, 6.45) is 0. The quantitative estimate of drug-likeness (QED) is 0.589. The average molecular weight is 436 g/mol. The van der Waals surface area contributed by atoms with Crippen LogP contribution in [0.5, 0.6) is 0 Å². The van der Waals surface area contributed by atoms with Crippen LogP contribution < -0.4 is 5.32 Å². The average Bonchev–Trinajstić information content (AvgIpc) is 2.37. The summed E-state index contributed by atoms with van der Waals surface area (Å²) in [5.74, 6) is -0.249. The number of benzene rings is 2. The molecule has 0 atom stereocenters. The Kier molecular flexibility index (Phi) is 4.90. The predicted octanol–water partition coefficient (Wildman–Crippen LogP) is 3.78. The summed E-state index contributed by atoms with van der Waals surface area (Å²) in [5, 5.41) is 2.74. The van der Waals surface area contributed by atoms with Crippen LogP contribution >= 0.6 is 33.3 Å². The molecule has 0 unspecified atom stereocenters. The van der Waals surface area contributed by atoms with Gasteiger partial charge in [-0.1, -0.05) is 12.1 Å². The van der Waals surface area contributed by atoms with Gasteiger partial charge in [0.2, 0.25) is 0 Å². The van der Waals surface area contributed by atoms with Crippen LogP contribution in [0.3, 0.4) is 0 Å². The zero-order valence-electron chi connectivity index (χ0n) is 10.9. The molecule has 0 fully saturated rings. The molecule has 0 aliphatic carbocycles. The third-order valence-electron chi connectivity index (χ3n) is 2.81. The molecule has 110 valence electrons. The maximum atomic E-state index is 12.2. The van der Waals surface area contributed by atoms with Crippen molar-refractivity contribution in [2.24, 2.45) is 0 Å². The van der Waals surface area contributed by atoms with E-state index in [1.54, 1.807) is 25.1 Å². The van der Waals surface area contributed by atoms with Gasteiger partial charge < -0.3 is 5.32 Å². The second-order valence-electron chi connectivity index (χ2n) is 4.35. The number of rotatable bonds is 3. The van der Waals surface area contributed by atoms with E-state index in [0.717, 1.165) is 3.57 Å². The van der Waals surface area contributed by atoms with E-state index in [0.29, 0.717) is 16.8 Å². The van der Waals surface area contributed by atoms with Gasteiger partial charge in [-0.05, 0) is 65.4 Å². The van der Waals surface area contributed by atoms with Crippen LogP contribution in [0.25, 0.3) is 0 Å². The number of carbonyl (C=O) groups excluding carboxylic acids is 1. The van der Waals surface area contributed by atoms with Crippen molar-refractivity contribution in [3.05, 3.63) is 57.2 Å². The largest absolute Gasteiger partial charge is 0.322 e. The monoisotopic (exact) mass is 435 g/mol.